The van der Waals surface area contributed by atoms with Gasteiger partial charge in [-0.25, -0.2) is 0 Å². The molecular formula is C26H35N10O2+. The van der Waals surface area contributed by atoms with Crippen LogP contribution in [0.4, 0.5) is 11.4 Å². The van der Waals surface area contributed by atoms with Gasteiger partial charge in [0.25, 0.3) is 11.8 Å². The largest absolute Gasteiger partial charge is 0.379 e. The summed E-state index contributed by atoms with van der Waals surface area (Å²) in [5, 5.41) is 9.49. The number of amidine groups is 1. The number of guanidine groups is 1. The number of likely N-dealkylation sites (N-methyl/N-ethyl adjacent to an activating group) is 1. The van der Waals surface area contributed by atoms with E-state index in [1.54, 1.807) is 13.3 Å². The Kier molecular flexibility index (Phi) is 6.80. The molecule has 0 saturated carbocycles. The first-order chi connectivity index (χ1) is 18.6. The second-order valence-corrected chi connectivity index (χ2v) is 9.94. The number of hydrogen-bond acceptors (Lipinski definition) is 10. The van der Waals surface area contributed by atoms with Crippen LogP contribution in [-0.2, 0) is 16.0 Å². The molecule has 0 spiro atoms. The molecule has 0 aliphatic carbocycles. The standard InChI is InChI=1S/C26H35N10O2/c1-32-7-9-34(19-25(32)37-2)21-3-5-22(6-4-21)36-23(16-28-17-24(36)30-26(27)31-36)20-15-29-35(18-20)10-8-33-11-13-38-14-12-33/h3-6,15-18,25H,7-14,19H2,1-2H3,(H2,27,31)/q+1. The molecule has 2 fully saturated rings. The van der Waals surface area contributed by atoms with Crippen molar-refractivity contribution in [2.75, 3.05) is 71.5 Å². The van der Waals surface area contributed by atoms with Gasteiger partial charge in [-0.1, -0.05) is 4.59 Å². The first-order valence-corrected chi connectivity index (χ1v) is 13.1. The van der Waals surface area contributed by atoms with Crippen molar-refractivity contribution in [1.82, 2.24) is 24.2 Å². The van der Waals surface area contributed by atoms with Crippen LogP contribution in [0.1, 0.15) is 5.56 Å². The summed E-state index contributed by atoms with van der Waals surface area (Å²) in [6.07, 6.45) is 7.56. The Balaban J connectivity index is 1.27. The average Bonchev–Trinajstić information content (AvgIpc) is 3.57. The first kappa shape index (κ1) is 24.9. The Morgan fingerprint density at radius 2 is 1.92 bits per heavy atom. The van der Waals surface area contributed by atoms with E-state index in [4.69, 9.17) is 20.3 Å². The van der Waals surface area contributed by atoms with Gasteiger partial charge in [-0.2, -0.15) is 10.1 Å². The molecule has 2 saturated heterocycles. The zero-order valence-electron chi connectivity index (χ0n) is 22.0. The average molecular weight is 520 g/mol. The Bertz CT molecular complexity index is 1280. The fourth-order valence-corrected chi connectivity index (χ4v) is 5.45. The lowest BCUT2D eigenvalue weighted by atomic mass is 10.1. The highest BCUT2D eigenvalue weighted by Gasteiger charge is 2.49. The number of methoxy groups -OCH3 is 1. The second kappa shape index (κ2) is 10.4. The van der Waals surface area contributed by atoms with Gasteiger partial charge in [0.05, 0.1) is 44.3 Å². The molecule has 2 N–H and O–H groups in total. The predicted octanol–water partition coefficient (Wildman–Crippen LogP) is 0.972. The SMILES string of the molecule is COC1CN(c2ccc([N+]34N=C(N)N=C3C=NC=C4c3cnn(CCN4CCOCC4)c3)cc2)CCN1C. The van der Waals surface area contributed by atoms with Crippen LogP contribution >= 0.6 is 0 Å². The lowest BCUT2D eigenvalue weighted by molar-refractivity contribution is -0.0225. The molecule has 6 rings (SSSR count). The fourth-order valence-electron chi connectivity index (χ4n) is 5.45. The summed E-state index contributed by atoms with van der Waals surface area (Å²) < 4.78 is 13.1. The van der Waals surface area contributed by atoms with Crippen molar-refractivity contribution < 1.29 is 9.47 Å². The summed E-state index contributed by atoms with van der Waals surface area (Å²) in [5.74, 6) is 0.887. The topological polar surface area (TPSA) is 109 Å². The lowest BCUT2D eigenvalue weighted by Gasteiger charge is -2.39. The first-order valence-electron chi connectivity index (χ1n) is 13.1. The number of morpholine rings is 1. The van der Waals surface area contributed by atoms with Crippen molar-refractivity contribution in [3.63, 3.8) is 0 Å². The second-order valence-electron chi connectivity index (χ2n) is 9.94. The molecule has 2 unspecified atom stereocenters. The molecule has 0 radical (unpaired) electrons. The minimum Gasteiger partial charge on any atom is -0.379 e. The maximum absolute atomic E-state index is 6.18. The van der Waals surface area contributed by atoms with E-state index >= 15 is 0 Å². The summed E-state index contributed by atoms with van der Waals surface area (Å²) in [4.78, 5) is 16.0. The van der Waals surface area contributed by atoms with Gasteiger partial charge in [0.15, 0.2) is 11.4 Å². The monoisotopic (exact) mass is 519 g/mol. The molecule has 2 atom stereocenters. The number of rotatable bonds is 7. The molecule has 4 aliphatic rings. The minimum absolute atomic E-state index is 0.0359. The molecular weight excluding hydrogens is 484 g/mol. The number of benzene rings is 1. The normalized spacial score (nSPS) is 26.2. The number of piperazine rings is 1. The van der Waals surface area contributed by atoms with E-state index in [-0.39, 0.29) is 16.8 Å². The number of nitrogens with two attached hydrogens (primary N) is 1. The highest BCUT2D eigenvalue weighted by atomic mass is 16.5. The highest BCUT2D eigenvalue weighted by Crippen LogP contribution is 2.40. The van der Waals surface area contributed by atoms with Gasteiger partial charge in [0.1, 0.15) is 12.4 Å². The third-order valence-electron chi connectivity index (χ3n) is 7.68. The summed E-state index contributed by atoms with van der Waals surface area (Å²) in [6.45, 7) is 7.91. The molecule has 2 aromatic rings. The number of aliphatic imine (C=N–C) groups is 2. The van der Waals surface area contributed by atoms with E-state index in [0.29, 0.717) is 5.84 Å². The van der Waals surface area contributed by atoms with E-state index in [0.717, 1.165) is 81.7 Å². The maximum atomic E-state index is 6.18. The molecule has 12 heteroatoms. The molecule has 5 heterocycles. The summed E-state index contributed by atoms with van der Waals surface area (Å²) in [7, 11) is 3.86. The zero-order chi connectivity index (χ0) is 26.1. The van der Waals surface area contributed by atoms with Gasteiger partial charge in [0.2, 0.25) is 0 Å². The van der Waals surface area contributed by atoms with Gasteiger partial charge in [-0.15, -0.1) is 0 Å². The third kappa shape index (κ3) is 4.54. The number of fused-ring (bicyclic) bond motifs is 1. The minimum atomic E-state index is 0.0359. The maximum Gasteiger partial charge on any atom is 0.287 e. The number of nitrogens with zero attached hydrogens (tertiary/aromatic N) is 9. The molecule has 4 aliphatic heterocycles. The van der Waals surface area contributed by atoms with Crippen molar-refractivity contribution >= 4 is 35.1 Å². The van der Waals surface area contributed by atoms with E-state index in [1.165, 1.54) is 0 Å². The molecule has 38 heavy (non-hydrogen) atoms. The number of quaternary nitrogens is 1. The van der Waals surface area contributed by atoms with Crippen LogP contribution in [0.2, 0.25) is 0 Å². The molecule has 1 aromatic carbocycles. The molecule has 0 bridgehead atoms. The predicted molar refractivity (Wildman–Crippen MR) is 149 cm³/mol. The van der Waals surface area contributed by atoms with Gasteiger partial charge in [-0.3, -0.25) is 19.5 Å². The van der Waals surface area contributed by atoms with E-state index in [9.17, 15) is 0 Å². The van der Waals surface area contributed by atoms with Crippen LogP contribution in [0.5, 0.6) is 0 Å². The highest BCUT2D eigenvalue weighted by molar-refractivity contribution is 6.40. The van der Waals surface area contributed by atoms with Crippen molar-refractivity contribution in [3.05, 3.63) is 48.4 Å². The van der Waals surface area contributed by atoms with Crippen molar-refractivity contribution in [2.24, 2.45) is 20.8 Å². The van der Waals surface area contributed by atoms with Gasteiger partial charge in [0, 0.05) is 63.9 Å². The fraction of sp³-hybridized carbons (Fsp3) is 0.462. The van der Waals surface area contributed by atoms with E-state index in [1.807, 2.05) is 17.1 Å². The van der Waals surface area contributed by atoms with Crippen molar-refractivity contribution in [3.8, 4) is 0 Å². The van der Waals surface area contributed by atoms with Gasteiger partial charge >= 0.3 is 0 Å². The quantitative estimate of drug-likeness (QED) is 0.543. The number of anilines is 1. The summed E-state index contributed by atoms with van der Waals surface area (Å²) in [6, 6.07) is 8.47. The van der Waals surface area contributed by atoms with Gasteiger partial charge < -0.3 is 20.1 Å². The number of ether oxygens (including phenoxy) is 2. The zero-order valence-corrected chi connectivity index (χ0v) is 22.0. The van der Waals surface area contributed by atoms with Crippen molar-refractivity contribution in [2.45, 2.75) is 12.8 Å². The molecule has 1 aromatic heterocycles. The van der Waals surface area contributed by atoms with Crippen LogP contribution in [0, 0.1) is 0 Å². The van der Waals surface area contributed by atoms with E-state index in [2.05, 4.69) is 67.3 Å². The van der Waals surface area contributed by atoms with Crippen LogP contribution in [-0.4, -0.2) is 110 Å². The Labute approximate surface area is 222 Å². The van der Waals surface area contributed by atoms with Crippen molar-refractivity contribution in [1.29, 1.82) is 0 Å². The Morgan fingerprint density at radius 1 is 1.11 bits per heavy atom. The number of aromatic nitrogens is 2. The lowest BCUT2D eigenvalue weighted by Crippen LogP contribution is -2.52. The summed E-state index contributed by atoms with van der Waals surface area (Å²) >= 11 is 0. The van der Waals surface area contributed by atoms with E-state index < -0.39 is 0 Å². The smallest absolute Gasteiger partial charge is 0.287 e. The molecule has 0 amide bonds. The Morgan fingerprint density at radius 3 is 2.71 bits per heavy atom. The third-order valence-corrected chi connectivity index (χ3v) is 7.68. The molecule has 200 valence electrons. The Hall–Kier alpha value is -3.42. The van der Waals surface area contributed by atoms with Crippen LogP contribution in [0.15, 0.2) is 57.9 Å². The van der Waals surface area contributed by atoms with Crippen LogP contribution in [0.25, 0.3) is 5.70 Å². The molecule has 12 nitrogen and oxygen atoms in total. The number of hydrogen-bond donors (Lipinski definition) is 1. The van der Waals surface area contributed by atoms with Crippen LogP contribution in [0.3, 0.4) is 0 Å². The summed E-state index contributed by atoms with van der Waals surface area (Å²) in [5.41, 5.74) is 10.0. The van der Waals surface area contributed by atoms with Gasteiger partial charge in [-0.05, 0) is 24.3 Å². The van der Waals surface area contributed by atoms with Crippen LogP contribution < -0.4 is 15.2 Å².